The molecule has 2 aromatic rings. The van der Waals surface area contributed by atoms with Gasteiger partial charge in [0.25, 0.3) is 0 Å². The molecular weight excluding hydrogens is 381 g/mol. The average Bonchev–Trinajstić information content (AvgIpc) is 2.78. The minimum Gasteiger partial charge on any atom is -0.375 e. The molecule has 158 valence electrons. The minimum atomic E-state index is -0.769. The second kappa shape index (κ2) is 13.4. The predicted molar refractivity (Wildman–Crippen MR) is 113 cm³/mol. The summed E-state index contributed by atoms with van der Waals surface area (Å²) in [5.74, 6) is -1.02. The first-order valence-corrected chi connectivity index (χ1v) is 9.95. The highest BCUT2D eigenvalue weighted by atomic mass is 19.1. The fraction of sp³-hybridized carbons (Fsp3) is 0.391. The lowest BCUT2D eigenvalue weighted by Crippen LogP contribution is -2.47. The molecule has 0 saturated carbocycles. The first kappa shape index (κ1) is 23.5. The monoisotopic (exact) mass is 409 g/mol. The summed E-state index contributed by atoms with van der Waals surface area (Å²) >= 11 is 0. The van der Waals surface area contributed by atoms with Gasteiger partial charge in [0.15, 0.2) is 5.92 Å². The Morgan fingerprint density at radius 3 is 2.30 bits per heavy atom. The molecule has 3 N–H and O–H groups in total. The molecule has 0 saturated heterocycles. The molecule has 0 fully saturated rings. The van der Waals surface area contributed by atoms with Crippen LogP contribution in [0.1, 0.15) is 17.5 Å². The van der Waals surface area contributed by atoms with E-state index < -0.39 is 12.1 Å². The normalized spacial score (nSPS) is 12.8. The van der Waals surface area contributed by atoms with E-state index in [0.717, 1.165) is 17.5 Å². The molecule has 2 aromatic carbocycles. The van der Waals surface area contributed by atoms with Crippen molar-refractivity contribution in [3.8, 4) is 12.1 Å². The molecule has 0 amide bonds. The molecule has 0 spiro atoms. The van der Waals surface area contributed by atoms with Crippen LogP contribution in [-0.2, 0) is 17.9 Å². The summed E-state index contributed by atoms with van der Waals surface area (Å²) in [6.45, 7) is 2.21. The van der Waals surface area contributed by atoms with Crippen LogP contribution in [0.15, 0.2) is 54.6 Å². The van der Waals surface area contributed by atoms with E-state index in [1.165, 1.54) is 12.1 Å². The maximum atomic E-state index is 13.1. The van der Waals surface area contributed by atoms with Crippen LogP contribution < -0.4 is 16.0 Å². The van der Waals surface area contributed by atoms with Crippen molar-refractivity contribution in [3.05, 3.63) is 71.5 Å². The number of halogens is 1. The summed E-state index contributed by atoms with van der Waals surface area (Å²) in [5, 5.41) is 27.8. The molecular formula is C23H28FN5O. The minimum absolute atomic E-state index is 0.0476. The molecule has 30 heavy (non-hydrogen) atoms. The fourth-order valence-electron chi connectivity index (χ4n) is 2.98. The van der Waals surface area contributed by atoms with Crippen LogP contribution in [0.3, 0.4) is 0 Å². The van der Waals surface area contributed by atoms with Gasteiger partial charge in [-0.1, -0.05) is 42.5 Å². The van der Waals surface area contributed by atoms with E-state index in [0.29, 0.717) is 26.3 Å². The number of nitrogens with zero attached hydrogens (tertiary/aromatic N) is 2. The largest absolute Gasteiger partial charge is 0.375 e. The van der Waals surface area contributed by atoms with E-state index in [1.807, 2.05) is 42.5 Å². The van der Waals surface area contributed by atoms with Gasteiger partial charge in [0, 0.05) is 12.6 Å². The predicted octanol–water partition coefficient (Wildman–Crippen LogP) is 2.69. The third kappa shape index (κ3) is 8.28. The average molecular weight is 410 g/mol. The third-order valence-electron chi connectivity index (χ3n) is 4.72. The van der Waals surface area contributed by atoms with Crippen molar-refractivity contribution in [3.63, 3.8) is 0 Å². The van der Waals surface area contributed by atoms with Gasteiger partial charge in [-0.05, 0) is 43.3 Å². The Morgan fingerprint density at radius 1 is 0.967 bits per heavy atom. The topological polar surface area (TPSA) is 92.9 Å². The van der Waals surface area contributed by atoms with Gasteiger partial charge in [-0.25, -0.2) is 4.39 Å². The highest BCUT2D eigenvalue weighted by Crippen LogP contribution is 2.06. The molecule has 2 unspecified atom stereocenters. The molecule has 0 aliphatic carbocycles. The van der Waals surface area contributed by atoms with Crippen molar-refractivity contribution in [2.24, 2.45) is 5.92 Å². The van der Waals surface area contributed by atoms with E-state index in [4.69, 9.17) is 15.3 Å². The van der Waals surface area contributed by atoms with Crippen molar-refractivity contribution in [1.29, 1.82) is 10.5 Å². The van der Waals surface area contributed by atoms with Gasteiger partial charge in [-0.3, -0.25) is 5.32 Å². The Hall–Kier alpha value is -2.81. The standard InChI is InChI=1S/C23H28FN5O/c1-27-23(20(13-25)14-26)28-12-11-22(17-30-16-19-5-3-2-4-6-19)29-15-18-7-9-21(24)10-8-18/h2-10,20,22-23,27-29H,11-12,15-17H2,1H3. The van der Waals surface area contributed by atoms with E-state index in [9.17, 15) is 4.39 Å². The summed E-state index contributed by atoms with van der Waals surface area (Å²) in [7, 11) is 1.71. The maximum absolute atomic E-state index is 13.1. The van der Waals surface area contributed by atoms with Crippen LogP contribution in [0, 0.1) is 34.4 Å². The zero-order valence-corrected chi connectivity index (χ0v) is 17.1. The van der Waals surface area contributed by atoms with Crippen LogP contribution in [-0.4, -0.2) is 32.4 Å². The Balaban J connectivity index is 1.87. The molecule has 0 aliphatic heterocycles. The molecule has 2 rings (SSSR count). The smallest absolute Gasteiger partial charge is 0.161 e. The fourth-order valence-corrected chi connectivity index (χ4v) is 2.98. The highest BCUT2D eigenvalue weighted by Gasteiger charge is 2.19. The molecule has 0 aromatic heterocycles. The molecule has 0 bridgehead atoms. The first-order valence-electron chi connectivity index (χ1n) is 9.95. The zero-order chi connectivity index (χ0) is 21.6. The SMILES string of the molecule is CNC(NCCC(COCc1ccccc1)NCc1ccc(F)cc1)C(C#N)C#N. The number of benzene rings is 2. The van der Waals surface area contributed by atoms with Crippen molar-refractivity contribution >= 4 is 0 Å². The Morgan fingerprint density at radius 2 is 1.67 bits per heavy atom. The summed E-state index contributed by atoms with van der Waals surface area (Å²) in [6.07, 6.45) is 0.334. The molecule has 7 heteroatoms. The van der Waals surface area contributed by atoms with Crippen molar-refractivity contribution in [2.45, 2.75) is 31.8 Å². The van der Waals surface area contributed by atoms with Crippen molar-refractivity contribution in [1.82, 2.24) is 16.0 Å². The van der Waals surface area contributed by atoms with Gasteiger partial charge in [0.05, 0.1) is 31.5 Å². The maximum Gasteiger partial charge on any atom is 0.161 e. The van der Waals surface area contributed by atoms with Crippen LogP contribution in [0.5, 0.6) is 0 Å². The quantitative estimate of drug-likeness (QED) is 0.441. The van der Waals surface area contributed by atoms with Crippen molar-refractivity contribution in [2.75, 3.05) is 20.2 Å². The number of rotatable bonds is 13. The molecule has 0 heterocycles. The van der Waals surface area contributed by atoms with Crippen LogP contribution >= 0.6 is 0 Å². The van der Waals surface area contributed by atoms with Crippen LogP contribution in [0.2, 0.25) is 0 Å². The lowest BCUT2D eigenvalue weighted by atomic mass is 10.1. The molecule has 0 radical (unpaired) electrons. The molecule has 2 atom stereocenters. The van der Waals surface area contributed by atoms with Gasteiger partial charge in [-0.2, -0.15) is 10.5 Å². The Labute approximate surface area is 177 Å². The van der Waals surface area contributed by atoms with E-state index in [-0.39, 0.29) is 11.9 Å². The van der Waals surface area contributed by atoms with Crippen LogP contribution in [0.25, 0.3) is 0 Å². The van der Waals surface area contributed by atoms with E-state index in [2.05, 4.69) is 16.0 Å². The second-order valence-electron chi connectivity index (χ2n) is 6.95. The number of ether oxygens (including phenoxy) is 1. The first-order chi connectivity index (χ1) is 14.7. The van der Waals surface area contributed by atoms with Gasteiger partial charge >= 0.3 is 0 Å². The van der Waals surface area contributed by atoms with E-state index >= 15 is 0 Å². The van der Waals surface area contributed by atoms with Gasteiger partial charge in [-0.15, -0.1) is 0 Å². The lowest BCUT2D eigenvalue weighted by molar-refractivity contribution is 0.0953. The Kier molecular flexibility index (Phi) is 10.5. The number of hydrogen-bond donors (Lipinski definition) is 3. The summed E-state index contributed by atoms with van der Waals surface area (Å²) in [5.41, 5.74) is 2.09. The molecule has 0 aliphatic rings. The zero-order valence-electron chi connectivity index (χ0n) is 17.1. The molecule has 6 nitrogen and oxygen atoms in total. The van der Waals surface area contributed by atoms with Gasteiger partial charge in [0.2, 0.25) is 0 Å². The number of nitrogens with one attached hydrogen (secondary N) is 3. The number of hydrogen-bond acceptors (Lipinski definition) is 6. The summed E-state index contributed by atoms with van der Waals surface area (Å²) in [6, 6.07) is 20.4. The summed E-state index contributed by atoms with van der Waals surface area (Å²) < 4.78 is 19.0. The number of nitriles is 2. The second-order valence-corrected chi connectivity index (χ2v) is 6.95. The van der Waals surface area contributed by atoms with Gasteiger partial charge in [0.1, 0.15) is 5.82 Å². The van der Waals surface area contributed by atoms with E-state index in [1.54, 1.807) is 19.2 Å². The lowest BCUT2D eigenvalue weighted by Gasteiger charge is -2.22. The van der Waals surface area contributed by atoms with Crippen molar-refractivity contribution < 1.29 is 9.13 Å². The third-order valence-corrected chi connectivity index (χ3v) is 4.72. The highest BCUT2D eigenvalue weighted by molar-refractivity contribution is 5.16. The summed E-state index contributed by atoms with van der Waals surface area (Å²) in [4.78, 5) is 0. The Bertz CT molecular complexity index is 802. The van der Waals surface area contributed by atoms with Gasteiger partial charge < -0.3 is 15.4 Å². The van der Waals surface area contributed by atoms with Crippen LogP contribution in [0.4, 0.5) is 4.39 Å².